The Labute approximate surface area is 169 Å². The zero-order valence-electron chi connectivity index (χ0n) is 15.6. The Kier molecular flexibility index (Phi) is 4.66. The summed E-state index contributed by atoms with van der Waals surface area (Å²) in [5.74, 6) is 0.234. The summed E-state index contributed by atoms with van der Waals surface area (Å²) in [7, 11) is 0. The molecule has 0 fully saturated rings. The van der Waals surface area contributed by atoms with Gasteiger partial charge >= 0.3 is 6.18 Å². The number of halogens is 3. The van der Waals surface area contributed by atoms with Crippen molar-refractivity contribution in [1.29, 1.82) is 0 Å². The molecule has 3 aromatic rings. The quantitative estimate of drug-likeness (QED) is 0.512. The number of nitrogens with one attached hydrogen (secondary N) is 2. The molecule has 0 amide bonds. The van der Waals surface area contributed by atoms with E-state index in [9.17, 15) is 13.2 Å². The molecular weight excluding hydrogens is 399 g/mol. The van der Waals surface area contributed by atoms with Crippen molar-refractivity contribution in [3.63, 3.8) is 0 Å². The zero-order chi connectivity index (χ0) is 20.8. The molecule has 1 aromatic heterocycles. The number of nitrogens with two attached hydrogens (primary N) is 1. The Bertz CT molecular complexity index is 1070. The van der Waals surface area contributed by atoms with Crippen molar-refractivity contribution in [1.82, 2.24) is 9.97 Å². The van der Waals surface area contributed by atoms with Gasteiger partial charge in [-0.2, -0.15) is 13.2 Å². The average molecular weight is 417 g/mol. The van der Waals surface area contributed by atoms with Gasteiger partial charge in [0.1, 0.15) is 17.0 Å². The first kappa shape index (κ1) is 19.5. The minimum Gasteiger partial charge on any atom is -0.350 e. The number of rotatable bonds is 3. The van der Waals surface area contributed by atoms with E-state index in [1.165, 1.54) is 36.3 Å². The van der Waals surface area contributed by atoms with Crippen LogP contribution in [0.25, 0.3) is 0 Å². The van der Waals surface area contributed by atoms with E-state index in [1.807, 2.05) is 32.0 Å². The van der Waals surface area contributed by atoms with Crippen LogP contribution in [0.15, 0.2) is 53.8 Å². The molecule has 5 nitrogen and oxygen atoms in total. The molecule has 1 aliphatic rings. The number of fused-ring (bicyclic) bond motifs is 1. The molecule has 29 heavy (non-hydrogen) atoms. The molecule has 0 spiro atoms. The van der Waals surface area contributed by atoms with Gasteiger partial charge in [-0.25, -0.2) is 9.97 Å². The van der Waals surface area contributed by atoms with E-state index in [-0.39, 0.29) is 11.5 Å². The maximum Gasteiger partial charge on any atom is 0.418 e. The summed E-state index contributed by atoms with van der Waals surface area (Å²) in [6, 6.07) is 11.1. The molecule has 1 atom stereocenters. The molecule has 0 saturated carbocycles. The van der Waals surface area contributed by atoms with E-state index in [1.54, 1.807) is 0 Å². The summed E-state index contributed by atoms with van der Waals surface area (Å²) in [6.07, 6.45) is -3.18. The van der Waals surface area contributed by atoms with Gasteiger partial charge in [-0.3, -0.25) is 5.73 Å². The van der Waals surface area contributed by atoms with Gasteiger partial charge in [-0.1, -0.05) is 42.1 Å². The second kappa shape index (κ2) is 6.93. The van der Waals surface area contributed by atoms with Crippen molar-refractivity contribution in [3.05, 3.63) is 71.0 Å². The Balaban J connectivity index is 1.73. The highest BCUT2D eigenvalue weighted by atomic mass is 32.2. The van der Waals surface area contributed by atoms with E-state index in [0.29, 0.717) is 10.7 Å². The molecular formula is C20H18F3N5S. The number of alkyl halides is 3. The largest absolute Gasteiger partial charge is 0.418 e. The van der Waals surface area contributed by atoms with Crippen LogP contribution in [0.5, 0.6) is 0 Å². The van der Waals surface area contributed by atoms with Crippen molar-refractivity contribution in [2.75, 3.05) is 10.6 Å². The predicted molar refractivity (Wildman–Crippen MR) is 108 cm³/mol. The summed E-state index contributed by atoms with van der Waals surface area (Å²) in [4.78, 5) is 7.41. The van der Waals surface area contributed by atoms with Crippen LogP contribution in [0.1, 0.15) is 22.3 Å². The van der Waals surface area contributed by atoms with Crippen molar-refractivity contribution in [2.45, 2.75) is 30.0 Å². The van der Waals surface area contributed by atoms with Crippen LogP contribution in [-0.2, 0) is 11.2 Å². The monoisotopic (exact) mass is 417 g/mol. The second-order valence-electron chi connectivity index (χ2n) is 6.80. The molecule has 2 aromatic carbocycles. The maximum atomic E-state index is 13.3. The van der Waals surface area contributed by atoms with Crippen LogP contribution in [0.2, 0.25) is 0 Å². The molecule has 0 radical (unpaired) electrons. The Hall–Kier alpha value is -2.78. The fourth-order valence-corrected chi connectivity index (χ4v) is 4.73. The van der Waals surface area contributed by atoms with Gasteiger partial charge in [0.2, 0.25) is 0 Å². The smallest absolute Gasteiger partial charge is 0.350 e. The van der Waals surface area contributed by atoms with E-state index >= 15 is 0 Å². The van der Waals surface area contributed by atoms with Crippen LogP contribution in [0.3, 0.4) is 0 Å². The van der Waals surface area contributed by atoms with Gasteiger partial charge in [0.05, 0.1) is 11.3 Å². The number of anilines is 3. The summed E-state index contributed by atoms with van der Waals surface area (Å²) in [5.41, 5.74) is 9.20. The number of hydrogen-bond acceptors (Lipinski definition) is 6. The standard InChI is InChI=1S/C20H18F3N5S/c1-11-6-5-7-12(2)15(11)20(24)28-16-17(25-10-26-18(16)29-20)27-14-9-4-3-8-13(14)19(21,22)23/h3-10,28H,24H2,1-2H3,(H,25,26,27). The first-order valence-corrected chi connectivity index (χ1v) is 9.62. The van der Waals surface area contributed by atoms with Crippen LogP contribution >= 0.6 is 11.8 Å². The molecule has 2 heterocycles. The summed E-state index contributed by atoms with van der Waals surface area (Å²) < 4.78 is 40.0. The molecule has 4 N–H and O–H groups in total. The van der Waals surface area contributed by atoms with Gasteiger partial charge in [0, 0.05) is 5.56 Å². The predicted octanol–water partition coefficient (Wildman–Crippen LogP) is 5.14. The van der Waals surface area contributed by atoms with Gasteiger partial charge in [-0.15, -0.1) is 0 Å². The Morgan fingerprint density at radius 3 is 2.41 bits per heavy atom. The molecule has 0 saturated heterocycles. The second-order valence-corrected chi connectivity index (χ2v) is 8.04. The van der Waals surface area contributed by atoms with Crippen LogP contribution in [0, 0.1) is 13.8 Å². The number of aromatic nitrogens is 2. The van der Waals surface area contributed by atoms with Gasteiger partial charge in [0.25, 0.3) is 0 Å². The summed E-state index contributed by atoms with van der Waals surface area (Å²) in [5, 5.41) is 6.59. The van der Waals surface area contributed by atoms with E-state index in [4.69, 9.17) is 5.73 Å². The third-order valence-corrected chi connectivity index (χ3v) is 5.85. The lowest BCUT2D eigenvalue weighted by Crippen LogP contribution is -2.39. The minimum atomic E-state index is -4.49. The van der Waals surface area contributed by atoms with Crippen LogP contribution < -0.4 is 16.4 Å². The number of hydrogen-bond donors (Lipinski definition) is 3. The molecule has 0 aliphatic carbocycles. The summed E-state index contributed by atoms with van der Waals surface area (Å²) >= 11 is 1.31. The molecule has 1 aliphatic heterocycles. The third kappa shape index (κ3) is 3.51. The Morgan fingerprint density at radius 1 is 1.03 bits per heavy atom. The average Bonchev–Trinajstić information content (AvgIpc) is 2.99. The third-order valence-electron chi connectivity index (χ3n) is 4.72. The Morgan fingerprint density at radius 2 is 1.72 bits per heavy atom. The summed E-state index contributed by atoms with van der Waals surface area (Å²) in [6.45, 7) is 3.93. The van der Waals surface area contributed by atoms with Crippen molar-refractivity contribution < 1.29 is 13.2 Å². The molecule has 1 unspecified atom stereocenters. The van der Waals surface area contributed by atoms with E-state index < -0.39 is 16.7 Å². The number of nitrogens with zero attached hydrogens (tertiary/aromatic N) is 2. The molecule has 0 bridgehead atoms. The van der Waals surface area contributed by atoms with Crippen LogP contribution in [0.4, 0.5) is 30.4 Å². The highest BCUT2D eigenvalue weighted by Gasteiger charge is 2.41. The minimum absolute atomic E-state index is 0.0886. The highest BCUT2D eigenvalue weighted by Crippen LogP contribution is 2.51. The normalized spacial score (nSPS) is 18.3. The lowest BCUT2D eigenvalue weighted by atomic mass is 10.00. The van der Waals surface area contributed by atoms with Gasteiger partial charge in [0.15, 0.2) is 10.8 Å². The van der Waals surface area contributed by atoms with Crippen molar-refractivity contribution >= 4 is 29.0 Å². The molecule has 150 valence electrons. The number of thioether (sulfide) groups is 1. The van der Waals surface area contributed by atoms with Crippen molar-refractivity contribution in [3.8, 4) is 0 Å². The SMILES string of the molecule is Cc1cccc(C)c1C1(N)Nc2c(Nc3ccccc3C(F)(F)F)ncnc2S1. The lowest BCUT2D eigenvalue weighted by Gasteiger charge is -2.28. The first-order chi connectivity index (χ1) is 13.7. The van der Waals surface area contributed by atoms with Gasteiger partial charge < -0.3 is 10.6 Å². The van der Waals surface area contributed by atoms with E-state index in [2.05, 4.69) is 20.6 Å². The first-order valence-electron chi connectivity index (χ1n) is 8.80. The van der Waals surface area contributed by atoms with E-state index in [0.717, 1.165) is 22.8 Å². The molecule has 9 heteroatoms. The zero-order valence-corrected chi connectivity index (χ0v) is 16.4. The lowest BCUT2D eigenvalue weighted by molar-refractivity contribution is -0.136. The van der Waals surface area contributed by atoms with Gasteiger partial charge in [-0.05, 0) is 37.1 Å². The fraction of sp³-hybridized carbons (Fsp3) is 0.200. The van der Waals surface area contributed by atoms with Crippen molar-refractivity contribution in [2.24, 2.45) is 5.73 Å². The highest BCUT2D eigenvalue weighted by molar-refractivity contribution is 8.00. The number of benzene rings is 2. The topological polar surface area (TPSA) is 75.9 Å². The molecule has 4 rings (SSSR count). The van der Waals surface area contributed by atoms with Crippen LogP contribution in [-0.4, -0.2) is 9.97 Å². The number of aryl methyl sites for hydroxylation is 2. The number of para-hydroxylation sites is 1. The fourth-order valence-electron chi connectivity index (χ4n) is 3.50. The maximum absolute atomic E-state index is 13.3.